The van der Waals surface area contributed by atoms with E-state index in [0.29, 0.717) is 43.3 Å². The molecule has 1 aromatic carbocycles. The summed E-state index contributed by atoms with van der Waals surface area (Å²) in [6.07, 6.45) is 8.58. The van der Waals surface area contributed by atoms with Crippen LogP contribution in [0.4, 0.5) is 4.39 Å². The summed E-state index contributed by atoms with van der Waals surface area (Å²) in [6, 6.07) is 6.30. The first-order chi connectivity index (χ1) is 19.5. The fourth-order valence-corrected chi connectivity index (χ4v) is 7.96. The SMILES string of the molecule is C=CC(=O)N1CC[C@@H]2[C@H]1CN2C1=NC(OC[C@@H]2CCCN2C)=NC2C(F)=C(c3cccc4c3C3CC3C4)N=CC12. The van der Waals surface area contributed by atoms with Crippen LogP contribution in [0.15, 0.2) is 51.7 Å². The molecule has 0 bridgehead atoms. The van der Waals surface area contributed by atoms with Crippen molar-refractivity contribution in [1.29, 1.82) is 0 Å². The molecule has 208 valence electrons. The molecule has 4 fully saturated rings. The van der Waals surface area contributed by atoms with Gasteiger partial charge in [0.1, 0.15) is 24.2 Å². The van der Waals surface area contributed by atoms with Gasteiger partial charge in [-0.25, -0.2) is 9.38 Å². The van der Waals surface area contributed by atoms with Crippen molar-refractivity contribution < 1.29 is 13.9 Å². The summed E-state index contributed by atoms with van der Waals surface area (Å²) >= 11 is 0. The fraction of sp³-hybridized carbons (Fsp3) is 0.548. The van der Waals surface area contributed by atoms with Crippen molar-refractivity contribution in [3.63, 3.8) is 0 Å². The normalized spacial score (nSPS) is 35.4. The third kappa shape index (κ3) is 3.66. The molecule has 7 aliphatic rings. The molecule has 4 unspecified atom stereocenters. The van der Waals surface area contributed by atoms with E-state index in [1.54, 1.807) is 0 Å². The molecule has 3 saturated heterocycles. The number of hydrogen-bond acceptors (Lipinski definition) is 7. The molecule has 2 aliphatic carbocycles. The smallest absolute Gasteiger partial charge is 0.314 e. The number of halogens is 1. The Morgan fingerprint density at radius 2 is 2.15 bits per heavy atom. The van der Waals surface area contributed by atoms with Gasteiger partial charge < -0.3 is 19.4 Å². The van der Waals surface area contributed by atoms with Crippen LogP contribution in [0, 0.1) is 11.8 Å². The van der Waals surface area contributed by atoms with Gasteiger partial charge in [0, 0.05) is 30.9 Å². The second-order valence-electron chi connectivity index (χ2n) is 12.4. The number of amides is 1. The average Bonchev–Trinajstić information content (AvgIpc) is 3.24. The van der Waals surface area contributed by atoms with E-state index in [9.17, 15) is 4.79 Å². The van der Waals surface area contributed by atoms with Crippen molar-refractivity contribution in [2.45, 2.75) is 62.2 Å². The Kier molecular flexibility index (Phi) is 5.56. The first kappa shape index (κ1) is 24.5. The van der Waals surface area contributed by atoms with Gasteiger partial charge >= 0.3 is 6.02 Å². The molecular weight excluding hydrogens is 507 g/mol. The van der Waals surface area contributed by atoms with Crippen molar-refractivity contribution in [3.05, 3.63) is 53.4 Å². The predicted octanol–water partition coefficient (Wildman–Crippen LogP) is 3.40. The molecule has 0 spiro atoms. The molecular formula is C31H35FN6O2. The van der Waals surface area contributed by atoms with E-state index in [4.69, 9.17) is 19.7 Å². The van der Waals surface area contributed by atoms with Gasteiger partial charge in [-0.05, 0) is 74.7 Å². The lowest BCUT2D eigenvalue weighted by molar-refractivity contribution is -0.129. The Bertz CT molecular complexity index is 1420. The van der Waals surface area contributed by atoms with E-state index < -0.39 is 12.0 Å². The van der Waals surface area contributed by atoms with E-state index in [1.807, 2.05) is 23.2 Å². The van der Waals surface area contributed by atoms with Crippen molar-refractivity contribution in [3.8, 4) is 0 Å². The minimum Gasteiger partial charge on any atom is -0.462 e. The Labute approximate surface area is 234 Å². The lowest BCUT2D eigenvalue weighted by atomic mass is 9.87. The third-order valence-electron chi connectivity index (χ3n) is 10.3. The summed E-state index contributed by atoms with van der Waals surface area (Å²) < 4.78 is 22.7. The fourth-order valence-electron chi connectivity index (χ4n) is 7.96. The van der Waals surface area contributed by atoms with Crippen LogP contribution in [0.1, 0.15) is 48.3 Å². The molecule has 9 heteroatoms. The largest absolute Gasteiger partial charge is 0.462 e. The first-order valence-corrected chi connectivity index (χ1v) is 14.8. The number of hydrogen-bond donors (Lipinski definition) is 0. The standard InChI is InChI=1S/C31H35FN6O2/c1-3-25(39)37-11-9-23-24(37)15-38(23)30-22-14-33-28(20-8-4-6-17-12-18-13-21(18)26(17)20)27(32)29(22)34-31(35-30)40-16-19-7-5-10-36(19)2/h3-4,6,8,14,18-19,21-24,29H,1,5,7,9-13,15-16H2,2H3/t18?,19-,21?,22?,23+,24+,29?/m0/s1. The molecule has 1 saturated carbocycles. The van der Waals surface area contributed by atoms with Crippen molar-refractivity contribution in [2.75, 3.05) is 33.3 Å². The number of likely N-dealkylation sites (N-methyl/N-ethyl adjacent to an activating group) is 1. The lowest BCUT2D eigenvalue weighted by Crippen LogP contribution is -2.66. The topological polar surface area (TPSA) is 73.1 Å². The summed E-state index contributed by atoms with van der Waals surface area (Å²) in [5.41, 5.74) is 3.95. The van der Waals surface area contributed by atoms with Crippen LogP contribution >= 0.6 is 0 Å². The predicted molar refractivity (Wildman–Crippen MR) is 152 cm³/mol. The minimum atomic E-state index is -0.755. The summed E-state index contributed by atoms with van der Waals surface area (Å²) in [6.45, 7) is 6.55. The highest BCUT2D eigenvalue weighted by Gasteiger charge is 2.53. The number of amidine groups is 2. The van der Waals surface area contributed by atoms with Gasteiger partial charge in [-0.2, -0.15) is 4.99 Å². The Balaban J connectivity index is 1.12. The van der Waals surface area contributed by atoms with E-state index in [1.165, 1.54) is 23.6 Å². The van der Waals surface area contributed by atoms with E-state index in [0.717, 1.165) is 43.6 Å². The monoisotopic (exact) mass is 542 g/mol. The van der Waals surface area contributed by atoms with Crippen LogP contribution in [0.3, 0.4) is 0 Å². The van der Waals surface area contributed by atoms with Gasteiger partial charge in [0.2, 0.25) is 5.91 Å². The second kappa shape index (κ2) is 9.09. The van der Waals surface area contributed by atoms with Gasteiger partial charge in [0.15, 0.2) is 5.83 Å². The molecule has 40 heavy (non-hydrogen) atoms. The van der Waals surface area contributed by atoms with Gasteiger partial charge in [0.25, 0.3) is 0 Å². The van der Waals surface area contributed by atoms with Crippen LogP contribution in [-0.2, 0) is 16.0 Å². The van der Waals surface area contributed by atoms with Crippen LogP contribution in [0.2, 0.25) is 0 Å². The van der Waals surface area contributed by atoms with E-state index >= 15 is 4.39 Å². The zero-order chi connectivity index (χ0) is 27.1. The highest BCUT2D eigenvalue weighted by atomic mass is 19.1. The number of carbonyl (C=O) groups is 1. The first-order valence-electron chi connectivity index (χ1n) is 14.8. The molecule has 0 N–H and O–H groups in total. The summed E-state index contributed by atoms with van der Waals surface area (Å²) in [4.78, 5) is 33.2. The molecule has 0 aromatic heterocycles. The Morgan fingerprint density at radius 3 is 2.98 bits per heavy atom. The molecule has 8 nitrogen and oxygen atoms in total. The van der Waals surface area contributed by atoms with Crippen LogP contribution in [0.25, 0.3) is 5.70 Å². The number of ether oxygens (including phenoxy) is 1. The number of rotatable bonds is 4. The molecule has 7 atom stereocenters. The quantitative estimate of drug-likeness (QED) is 0.547. The lowest BCUT2D eigenvalue weighted by Gasteiger charge is -2.50. The van der Waals surface area contributed by atoms with Crippen molar-refractivity contribution in [2.24, 2.45) is 26.8 Å². The van der Waals surface area contributed by atoms with Gasteiger partial charge in [-0.3, -0.25) is 9.79 Å². The minimum absolute atomic E-state index is 0.0342. The number of benzene rings is 1. The highest BCUT2D eigenvalue weighted by molar-refractivity contribution is 6.08. The number of nitrogens with zero attached hydrogens (tertiary/aromatic N) is 6. The van der Waals surface area contributed by atoms with Crippen LogP contribution in [-0.4, -0.2) is 96.1 Å². The number of fused-ring (bicyclic) bond motifs is 5. The molecule has 0 radical (unpaired) electrons. The third-order valence-corrected chi connectivity index (χ3v) is 10.3. The molecule has 8 rings (SSSR count). The maximum Gasteiger partial charge on any atom is 0.314 e. The van der Waals surface area contributed by atoms with Gasteiger partial charge in [0.05, 0.1) is 18.0 Å². The Morgan fingerprint density at radius 1 is 1.25 bits per heavy atom. The maximum atomic E-state index is 16.6. The van der Waals surface area contributed by atoms with E-state index in [2.05, 4.69) is 29.5 Å². The molecule has 5 heterocycles. The summed E-state index contributed by atoms with van der Waals surface area (Å²) in [5, 5.41) is 0. The van der Waals surface area contributed by atoms with Gasteiger partial charge in [-0.1, -0.05) is 24.8 Å². The zero-order valence-electron chi connectivity index (χ0n) is 22.9. The summed E-state index contributed by atoms with van der Waals surface area (Å²) in [7, 11) is 2.11. The summed E-state index contributed by atoms with van der Waals surface area (Å²) in [5.74, 6) is 1.26. The molecule has 1 aromatic rings. The molecule has 1 amide bonds. The van der Waals surface area contributed by atoms with E-state index in [-0.39, 0.29) is 29.8 Å². The number of aliphatic imine (C=N–C) groups is 3. The Hall–Kier alpha value is -3.33. The van der Waals surface area contributed by atoms with Crippen LogP contribution in [0.5, 0.6) is 0 Å². The maximum absolute atomic E-state index is 16.6. The van der Waals surface area contributed by atoms with Crippen molar-refractivity contribution >= 4 is 29.7 Å². The van der Waals surface area contributed by atoms with Crippen molar-refractivity contribution in [1.82, 2.24) is 14.7 Å². The van der Waals surface area contributed by atoms with Gasteiger partial charge in [-0.15, -0.1) is 0 Å². The molecule has 5 aliphatic heterocycles. The number of likely N-dealkylation sites (tertiary alicyclic amines) is 3. The average molecular weight is 543 g/mol. The number of carbonyl (C=O) groups excluding carboxylic acids is 1. The van der Waals surface area contributed by atoms with Crippen LogP contribution < -0.4 is 0 Å². The zero-order valence-corrected chi connectivity index (χ0v) is 22.9. The highest BCUT2D eigenvalue weighted by Crippen LogP contribution is 2.58. The second-order valence-corrected chi connectivity index (χ2v) is 12.4.